The Morgan fingerprint density at radius 1 is 1.13 bits per heavy atom. The number of benzene rings is 2. The molecule has 0 saturated heterocycles. The molecule has 0 bridgehead atoms. The molecule has 6 heteroatoms. The van der Waals surface area contributed by atoms with E-state index in [1.54, 1.807) is 18.2 Å². The fourth-order valence-corrected chi connectivity index (χ4v) is 2.22. The first-order valence-electron chi connectivity index (χ1n) is 7.26. The Labute approximate surface area is 138 Å². The van der Waals surface area contributed by atoms with Crippen LogP contribution in [0.5, 0.6) is 0 Å². The number of halogens is 3. The van der Waals surface area contributed by atoms with Crippen molar-refractivity contribution in [1.82, 2.24) is 0 Å². The van der Waals surface area contributed by atoms with Gasteiger partial charge in [0.25, 0.3) is 0 Å². The smallest absolute Gasteiger partial charge is 0.224 e. The fraction of sp³-hybridized carbons (Fsp3) is 0.235. The van der Waals surface area contributed by atoms with Crippen LogP contribution >= 0.6 is 11.6 Å². The molecule has 0 saturated carbocycles. The van der Waals surface area contributed by atoms with Crippen LogP contribution in [0.15, 0.2) is 36.4 Å². The van der Waals surface area contributed by atoms with Crippen LogP contribution in [0, 0.1) is 11.6 Å². The van der Waals surface area contributed by atoms with Gasteiger partial charge in [-0.15, -0.1) is 0 Å². The second-order valence-corrected chi connectivity index (χ2v) is 5.50. The van der Waals surface area contributed by atoms with Crippen molar-refractivity contribution in [2.24, 2.45) is 0 Å². The summed E-state index contributed by atoms with van der Waals surface area (Å²) in [5.74, 6) is -1.84. The van der Waals surface area contributed by atoms with Crippen LogP contribution in [0.25, 0.3) is 0 Å². The first kappa shape index (κ1) is 17.2. The molecule has 2 rings (SSSR count). The molecule has 2 N–H and O–H groups in total. The lowest BCUT2D eigenvalue weighted by Gasteiger charge is -2.11. The number of hydrogen-bond donors (Lipinski definition) is 2. The molecule has 0 aliphatic rings. The Morgan fingerprint density at radius 2 is 1.91 bits per heavy atom. The third kappa shape index (κ3) is 4.93. The summed E-state index contributed by atoms with van der Waals surface area (Å²) in [5, 5.41) is 6.30. The van der Waals surface area contributed by atoms with Crippen LogP contribution in [0.3, 0.4) is 0 Å². The van der Waals surface area contributed by atoms with E-state index in [-0.39, 0.29) is 12.5 Å². The topological polar surface area (TPSA) is 41.1 Å². The van der Waals surface area contributed by atoms with Crippen molar-refractivity contribution in [3.63, 3.8) is 0 Å². The van der Waals surface area contributed by atoms with Gasteiger partial charge in [0.05, 0.1) is 10.7 Å². The van der Waals surface area contributed by atoms with Crippen LogP contribution in [-0.2, 0) is 11.3 Å². The highest BCUT2D eigenvalue weighted by Crippen LogP contribution is 2.26. The van der Waals surface area contributed by atoms with Gasteiger partial charge < -0.3 is 10.6 Å². The summed E-state index contributed by atoms with van der Waals surface area (Å²) >= 11 is 6.11. The Hall–Kier alpha value is -2.14. The molecule has 0 spiro atoms. The summed E-state index contributed by atoms with van der Waals surface area (Å²) in [6, 6.07) is 8.77. The van der Waals surface area contributed by atoms with Gasteiger partial charge in [0, 0.05) is 18.7 Å². The summed E-state index contributed by atoms with van der Waals surface area (Å²) in [4.78, 5) is 11.6. The molecule has 2 aromatic rings. The quantitative estimate of drug-likeness (QED) is 0.780. The molecule has 1 amide bonds. The fourth-order valence-electron chi connectivity index (χ4n) is 2.04. The average Bonchev–Trinajstić information content (AvgIpc) is 2.51. The highest BCUT2D eigenvalue weighted by molar-refractivity contribution is 6.33. The summed E-state index contributed by atoms with van der Waals surface area (Å²) in [6.07, 6.45) is 1.21. The third-order valence-electron chi connectivity index (χ3n) is 3.19. The molecule has 3 nitrogen and oxygen atoms in total. The van der Waals surface area contributed by atoms with Gasteiger partial charge in [-0.2, -0.15) is 0 Å². The second kappa shape index (κ2) is 7.92. The molecular weight excluding hydrogens is 322 g/mol. The SMILES string of the molecule is CCCC(=O)Nc1ccc(Cl)c(NCc2ccc(F)c(F)c2)c1. The standard InChI is InChI=1S/C17H17ClF2N2O/c1-2-3-17(23)22-12-5-6-13(18)16(9-12)21-10-11-4-7-14(19)15(20)8-11/h4-9,21H,2-3,10H2,1H3,(H,22,23). The normalized spacial score (nSPS) is 10.4. The summed E-state index contributed by atoms with van der Waals surface area (Å²) < 4.78 is 26.1. The van der Waals surface area contributed by atoms with Gasteiger partial charge in [-0.1, -0.05) is 24.6 Å². The summed E-state index contributed by atoms with van der Waals surface area (Å²) in [7, 11) is 0. The van der Waals surface area contributed by atoms with E-state index in [1.807, 2.05) is 6.92 Å². The van der Waals surface area contributed by atoms with E-state index < -0.39 is 11.6 Å². The number of nitrogens with one attached hydrogen (secondary N) is 2. The average molecular weight is 339 g/mol. The largest absolute Gasteiger partial charge is 0.380 e. The van der Waals surface area contributed by atoms with Gasteiger partial charge in [-0.3, -0.25) is 4.79 Å². The molecule has 0 aliphatic heterocycles. The number of amides is 1. The second-order valence-electron chi connectivity index (χ2n) is 5.09. The van der Waals surface area contributed by atoms with Gasteiger partial charge in [0.15, 0.2) is 11.6 Å². The first-order valence-corrected chi connectivity index (χ1v) is 7.64. The minimum atomic E-state index is -0.893. The summed E-state index contributed by atoms with van der Waals surface area (Å²) in [6.45, 7) is 2.21. The number of rotatable bonds is 6. The van der Waals surface area contributed by atoms with Crippen molar-refractivity contribution in [1.29, 1.82) is 0 Å². The molecule has 0 fully saturated rings. The molecule has 0 aromatic heterocycles. The van der Waals surface area contributed by atoms with E-state index in [2.05, 4.69) is 10.6 Å². The van der Waals surface area contributed by atoms with Crippen molar-refractivity contribution in [3.8, 4) is 0 Å². The van der Waals surface area contributed by atoms with E-state index >= 15 is 0 Å². The zero-order valence-electron chi connectivity index (χ0n) is 12.6. The highest BCUT2D eigenvalue weighted by atomic mass is 35.5. The van der Waals surface area contributed by atoms with E-state index in [0.717, 1.165) is 18.6 Å². The maximum atomic E-state index is 13.2. The molecule has 0 aliphatic carbocycles. The molecule has 0 unspecified atom stereocenters. The van der Waals surface area contributed by atoms with Gasteiger partial charge in [0.2, 0.25) is 5.91 Å². The Balaban J connectivity index is 2.06. The number of carbonyl (C=O) groups excluding carboxylic acids is 1. The predicted molar refractivity (Wildman–Crippen MR) is 88.7 cm³/mol. The highest BCUT2D eigenvalue weighted by Gasteiger charge is 2.07. The Bertz CT molecular complexity index is 707. The van der Waals surface area contributed by atoms with Crippen LogP contribution < -0.4 is 10.6 Å². The lowest BCUT2D eigenvalue weighted by molar-refractivity contribution is -0.116. The molecule has 122 valence electrons. The van der Waals surface area contributed by atoms with E-state index in [9.17, 15) is 13.6 Å². The molecule has 0 radical (unpaired) electrons. The maximum Gasteiger partial charge on any atom is 0.224 e. The van der Waals surface area contributed by atoms with Crippen LogP contribution in [0.1, 0.15) is 25.3 Å². The van der Waals surface area contributed by atoms with Crippen molar-refractivity contribution < 1.29 is 13.6 Å². The van der Waals surface area contributed by atoms with Gasteiger partial charge >= 0.3 is 0 Å². The molecular formula is C17H17ClF2N2O. The van der Waals surface area contributed by atoms with Gasteiger partial charge in [-0.25, -0.2) is 8.78 Å². The minimum Gasteiger partial charge on any atom is -0.380 e. The van der Waals surface area contributed by atoms with E-state index in [0.29, 0.717) is 28.4 Å². The molecule has 2 aromatic carbocycles. The molecule has 0 atom stereocenters. The monoisotopic (exact) mass is 338 g/mol. The lowest BCUT2D eigenvalue weighted by atomic mass is 10.2. The number of carbonyl (C=O) groups is 1. The zero-order valence-corrected chi connectivity index (χ0v) is 13.4. The first-order chi connectivity index (χ1) is 11.0. The van der Waals surface area contributed by atoms with Crippen molar-refractivity contribution in [2.75, 3.05) is 10.6 Å². The van der Waals surface area contributed by atoms with Crippen LogP contribution in [-0.4, -0.2) is 5.91 Å². The zero-order chi connectivity index (χ0) is 16.8. The van der Waals surface area contributed by atoms with E-state index in [1.165, 1.54) is 6.07 Å². The number of anilines is 2. The molecule has 0 heterocycles. The Morgan fingerprint density at radius 3 is 2.61 bits per heavy atom. The van der Waals surface area contributed by atoms with Gasteiger partial charge in [-0.05, 0) is 42.3 Å². The van der Waals surface area contributed by atoms with Crippen LogP contribution in [0.4, 0.5) is 20.2 Å². The van der Waals surface area contributed by atoms with Crippen molar-refractivity contribution in [3.05, 3.63) is 58.6 Å². The minimum absolute atomic E-state index is 0.0682. The van der Waals surface area contributed by atoms with E-state index in [4.69, 9.17) is 11.6 Å². The number of hydrogen-bond acceptors (Lipinski definition) is 2. The van der Waals surface area contributed by atoms with Crippen molar-refractivity contribution in [2.45, 2.75) is 26.3 Å². The van der Waals surface area contributed by atoms with Gasteiger partial charge in [0.1, 0.15) is 0 Å². The van der Waals surface area contributed by atoms with Crippen LogP contribution in [0.2, 0.25) is 5.02 Å². The predicted octanol–water partition coefficient (Wildman–Crippen LogP) is 4.97. The maximum absolute atomic E-state index is 13.2. The Kier molecular flexibility index (Phi) is 5.93. The lowest BCUT2D eigenvalue weighted by Crippen LogP contribution is -2.11. The van der Waals surface area contributed by atoms with Crippen molar-refractivity contribution >= 4 is 28.9 Å². The molecule has 23 heavy (non-hydrogen) atoms. The third-order valence-corrected chi connectivity index (χ3v) is 3.52. The summed E-state index contributed by atoms with van der Waals surface area (Å²) in [5.41, 5.74) is 1.81.